The van der Waals surface area contributed by atoms with Crippen molar-refractivity contribution in [3.05, 3.63) is 11.8 Å². The molecular weight excluding hydrogens is 260 g/mol. The number of aromatic nitrogens is 1. The van der Waals surface area contributed by atoms with Crippen LogP contribution in [0, 0.1) is 6.92 Å². The fourth-order valence-electron chi connectivity index (χ4n) is 1.96. The summed E-state index contributed by atoms with van der Waals surface area (Å²) in [7, 11) is 1.55. The van der Waals surface area contributed by atoms with Gasteiger partial charge in [-0.3, -0.25) is 9.59 Å². The van der Waals surface area contributed by atoms with E-state index in [1.165, 1.54) is 4.90 Å². The van der Waals surface area contributed by atoms with E-state index in [0.29, 0.717) is 18.0 Å². The van der Waals surface area contributed by atoms with Crippen LogP contribution in [-0.2, 0) is 9.59 Å². The Bertz CT molecular complexity index is 482. The molecule has 0 spiro atoms. The summed E-state index contributed by atoms with van der Waals surface area (Å²) in [4.78, 5) is 25.2. The van der Waals surface area contributed by atoms with Crippen molar-refractivity contribution >= 4 is 17.6 Å². The summed E-state index contributed by atoms with van der Waals surface area (Å²) in [5.74, 6) is 0.326. The SMILES string of the molecule is CCCC(C)(N)C(=O)N(C)CC(=O)Nc1cc(C)on1. The number of carbonyl (C=O) groups is 2. The maximum absolute atomic E-state index is 12.1. The van der Waals surface area contributed by atoms with E-state index in [1.54, 1.807) is 27.0 Å². The first-order valence-electron chi connectivity index (χ1n) is 6.54. The van der Waals surface area contributed by atoms with Gasteiger partial charge in [-0.15, -0.1) is 0 Å². The number of amides is 2. The average molecular weight is 282 g/mol. The molecule has 20 heavy (non-hydrogen) atoms. The fourth-order valence-corrected chi connectivity index (χ4v) is 1.96. The number of carbonyl (C=O) groups excluding carboxylic acids is 2. The van der Waals surface area contributed by atoms with Gasteiger partial charge in [0.05, 0.1) is 12.1 Å². The summed E-state index contributed by atoms with van der Waals surface area (Å²) < 4.78 is 4.84. The summed E-state index contributed by atoms with van der Waals surface area (Å²) in [6.45, 7) is 5.27. The van der Waals surface area contributed by atoms with Crippen LogP contribution in [0.15, 0.2) is 10.6 Å². The van der Waals surface area contributed by atoms with Crippen molar-refractivity contribution in [3.8, 4) is 0 Å². The van der Waals surface area contributed by atoms with Crippen molar-refractivity contribution < 1.29 is 14.1 Å². The number of hydrogen-bond donors (Lipinski definition) is 2. The van der Waals surface area contributed by atoms with Crippen molar-refractivity contribution in [1.82, 2.24) is 10.1 Å². The van der Waals surface area contributed by atoms with E-state index >= 15 is 0 Å². The van der Waals surface area contributed by atoms with Gasteiger partial charge >= 0.3 is 0 Å². The summed E-state index contributed by atoms with van der Waals surface area (Å²) in [5, 5.41) is 6.20. The van der Waals surface area contributed by atoms with Crippen LogP contribution in [0.1, 0.15) is 32.4 Å². The van der Waals surface area contributed by atoms with Crippen LogP contribution in [0.4, 0.5) is 5.82 Å². The molecule has 1 atom stereocenters. The maximum atomic E-state index is 12.1. The lowest BCUT2D eigenvalue weighted by molar-refractivity contribution is -0.137. The van der Waals surface area contributed by atoms with Crippen molar-refractivity contribution in [2.45, 2.75) is 39.2 Å². The molecule has 1 heterocycles. The van der Waals surface area contributed by atoms with Crippen LogP contribution in [0.25, 0.3) is 0 Å². The summed E-state index contributed by atoms with van der Waals surface area (Å²) >= 11 is 0. The first-order valence-corrected chi connectivity index (χ1v) is 6.54. The number of rotatable bonds is 6. The highest BCUT2D eigenvalue weighted by atomic mass is 16.5. The Hall–Kier alpha value is -1.89. The predicted octanol–water partition coefficient (Wildman–Crippen LogP) is 0.897. The molecule has 1 unspecified atom stereocenters. The molecule has 0 saturated heterocycles. The van der Waals surface area contributed by atoms with E-state index in [0.717, 1.165) is 6.42 Å². The Morgan fingerprint density at radius 3 is 2.70 bits per heavy atom. The third kappa shape index (κ3) is 4.34. The molecule has 0 aliphatic heterocycles. The van der Waals surface area contributed by atoms with Gasteiger partial charge in [0.2, 0.25) is 11.8 Å². The number of hydrogen-bond acceptors (Lipinski definition) is 5. The van der Waals surface area contributed by atoms with Crippen molar-refractivity contribution in [3.63, 3.8) is 0 Å². The van der Waals surface area contributed by atoms with Gasteiger partial charge in [-0.05, 0) is 20.3 Å². The summed E-state index contributed by atoms with van der Waals surface area (Å²) in [6, 6.07) is 1.60. The zero-order valence-corrected chi connectivity index (χ0v) is 12.4. The Morgan fingerprint density at radius 1 is 1.55 bits per heavy atom. The van der Waals surface area contributed by atoms with E-state index < -0.39 is 5.54 Å². The second-order valence-electron chi connectivity index (χ2n) is 5.20. The van der Waals surface area contributed by atoms with Crippen LogP contribution >= 0.6 is 0 Å². The second-order valence-corrected chi connectivity index (χ2v) is 5.20. The molecule has 0 radical (unpaired) electrons. The molecule has 0 aliphatic rings. The van der Waals surface area contributed by atoms with Gasteiger partial charge in [-0.25, -0.2) is 0 Å². The number of likely N-dealkylation sites (N-methyl/N-ethyl adjacent to an activating group) is 1. The molecule has 2 amide bonds. The Balaban J connectivity index is 2.55. The minimum Gasteiger partial charge on any atom is -0.360 e. The first kappa shape index (κ1) is 16.2. The lowest BCUT2D eigenvalue weighted by Crippen LogP contribution is -2.53. The molecule has 3 N–H and O–H groups in total. The van der Waals surface area contributed by atoms with Crippen molar-refractivity contribution in [2.24, 2.45) is 5.73 Å². The molecule has 7 nitrogen and oxygen atoms in total. The highest BCUT2D eigenvalue weighted by Crippen LogP contribution is 2.12. The van der Waals surface area contributed by atoms with E-state index in [1.807, 2.05) is 6.92 Å². The highest BCUT2D eigenvalue weighted by molar-refractivity contribution is 5.95. The quantitative estimate of drug-likeness (QED) is 0.807. The fraction of sp³-hybridized carbons (Fsp3) is 0.615. The number of anilines is 1. The number of nitrogens with two attached hydrogens (primary N) is 1. The lowest BCUT2D eigenvalue weighted by Gasteiger charge is -2.28. The molecule has 1 aromatic rings. The summed E-state index contributed by atoms with van der Waals surface area (Å²) in [6.07, 6.45) is 1.37. The van der Waals surface area contributed by atoms with Gasteiger partial charge in [-0.1, -0.05) is 18.5 Å². The second kappa shape index (κ2) is 6.51. The molecule has 0 bridgehead atoms. The number of aryl methyl sites for hydroxylation is 1. The molecule has 0 saturated carbocycles. The maximum Gasteiger partial charge on any atom is 0.245 e. The van der Waals surface area contributed by atoms with Gasteiger partial charge in [0.15, 0.2) is 5.82 Å². The minimum absolute atomic E-state index is 0.0821. The van der Waals surface area contributed by atoms with Crippen LogP contribution in [0.2, 0.25) is 0 Å². The largest absolute Gasteiger partial charge is 0.360 e. The number of nitrogens with one attached hydrogen (secondary N) is 1. The van der Waals surface area contributed by atoms with Crippen LogP contribution in [0.3, 0.4) is 0 Å². The average Bonchev–Trinajstić information content (AvgIpc) is 2.73. The summed E-state index contributed by atoms with van der Waals surface area (Å²) in [5.41, 5.74) is 5.00. The van der Waals surface area contributed by atoms with E-state index in [9.17, 15) is 9.59 Å². The molecule has 112 valence electrons. The molecule has 1 aromatic heterocycles. The van der Waals surface area contributed by atoms with Gasteiger partial charge in [0.1, 0.15) is 5.76 Å². The van der Waals surface area contributed by atoms with Gasteiger partial charge in [0.25, 0.3) is 0 Å². The van der Waals surface area contributed by atoms with Gasteiger partial charge in [0, 0.05) is 13.1 Å². The molecule has 0 fully saturated rings. The van der Waals surface area contributed by atoms with Gasteiger partial charge < -0.3 is 20.5 Å². The van der Waals surface area contributed by atoms with E-state index in [2.05, 4.69) is 10.5 Å². The minimum atomic E-state index is -0.950. The molecule has 7 heteroatoms. The molecular formula is C13H22N4O3. The third-order valence-corrected chi connectivity index (χ3v) is 2.88. The van der Waals surface area contributed by atoms with Crippen LogP contribution in [0.5, 0.6) is 0 Å². The smallest absolute Gasteiger partial charge is 0.245 e. The highest BCUT2D eigenvalue weighted by Gasteiger charge is 2.30. The van der Waals surface area contributed by atoms with Crippen molar-refractivity contribution in [1.29, 1.82) is 0 Å². The standard InChI is InChI=1S/C13H22N4O3/c1-5-6-13(3,14)12(19)17(4)8-11(18)15-10-7-9(2)20-16-10/h7H,5-6,8,14H2,1-4H3,(H,15,16,18). The Labute approximate surface area is 118 Å². The van der Waals surface area contributed by atoms with Gasteiger partial charge in [-0.2, -0.15) is 0 Å². The zero-order chi connectivity index (χ0) is 15.3. The zero-order valence-electron chi connectivity index (χ0n) is 12.4. The number of nitrogens with zero attached hydrogens (tertiary/aromatic N) is 2. The predicted molar refractivity (Wildman–Crippen MR) is 75.0 cm³/mol. The van der Waals surface area contributed by atoms with Crippen LogP contribution < -0.4 is 11.1 Å². The van der Waals surface area contributed by atoms with E-state index in [4.69, 9.17) is 10.3 Å². The van der Waals surface area contributed by atoms with E-state index in [-0.39, 0.29) is 18.4 Å². The molecule has 1 rings (SSSR count). The molecule has 0 aliphatic carbocycles. The third-order valence-electron chi connectivity index (χ3n) is 2.88. The Kier molecular flexibility index (Phi) is 5.26. The normalized spacial score (nSPS) is 13.7. The lowest BCUT2D eigenvalue weighted by atomic mass is 9.96. The van der Waals surface area contributed by atoms with Crippen LogP contribution in [-0.4, -0.2) is 41.0 Å². The first-order chi connectivity index (χ1) is 9.26. The van der Waals surface area contributed by atoms with Crippen molar-refractivity contribution in [2.75, 3.05) is 18.9 Å². The topological polar surface area (TPSA) is 101 Å². The molecule has 0 aromatic carbocycles. The Morgan fingerprint density at radius 2 is 2.20 bits per heavy atom. The monoisotopic (exact) mass is 282 g/mol.